The molecule has 0 saturated carbocycles. The molecule has 1 aliphatic heterocycles. The molecule has 3 aromatic carbocycles. The zero-order valence-corrected chi connectivity index (χ0v) is 18.9. The standard InChI is InChI=1S/C27H27N3O3/c1-29-8-10-30(11-9-29)27(32)18-6-7-22-20(12-18)16-24-23(22)14-19(15-25(24)26(28)31)17-4-3-5-21(13-17)33-2/h3-7,12-15H,8-11,16H2,1-2H3,(H2,28,31). The Kier molecular flexibility index (Phi) is 5.38. The summed E-state index contributed by atoms with van der Waals surface area (Å²) >= 11 is 0. The molecule has 2 amide bonds. The predicted molar refractivity (Wildman–Crippen MR) is 129 cm³/mol. The number of carbonyl (C=O) groups is 2. The Morgan fingerprint density at radius 3 is 2.42 bits per heavy atom. The number of fused-ring (bicyclic) bond motifs is 3. The lowest BCUT2D eigenvalue weighted by Gasteiger charge is -2.32. The van der Waals surface area contributed by atoms with E-state index in [1.807, 2.05) is 53.4 Å². The number of benzene rings is 3. The van der Waals surface area contributed by atoms with Crippen LogP contribution in [0.4, 0.5) is 0 Å². The predicted octanol–water partition coefficient (Wildman–Crippen LogP) is 3.42. The van der Waals surface area contributed by atoms with E-state index in [0.717, 1.165) is 65.3 Å². The van der Waals surface area contributed by atoms with Gasteiger partial charge in [0.05, 0.1) is 7.11 Å². The summed E-state index contributed by atoms with van der Waals surface area (Å²) in [5, 5.41) is 0. The molecule has 1 aliphatic carbocycles. The van der Waals surface area contributed by atoms with Crippen LogP contribution >= 0.6 is 0 Å². The summed E-state index contributed by atoms with van der Waals surface area (Å²) in [6, 6.07) is 17.6. The quantitative estimate of drug-likeness (QED) is 0.527. The van der Waals surface area contributed by atoms with Crippen molar-refractivity contribution in [3.8, 4) is 28.0 Å². The Morgan fingerprint density at radius 1 is 0.909 bits per heavy atom. The molecule has 2 aliphatic rings. The van der Waals surface area contributed by atoms with Crippen LogP contribution in [0.25, 0.3) is 22.3 Å². The Bertz CT molecular complexity index is 1260. The maximum Gasteiger partial charge on any atom is 0.253 e. The molecule has 0 radical (unpaired) electrons. The van der Waals surface area contributed by atoms with E-state index in [-0.39, 0.29) is 5.91 Å². The number of primary amides is 1. The Balaban J connectivity index is 1.53. The lowest BCUT2D eigenvalue weighted by molar-refractivity contribution is 0.0664. The van der Waals surface area contributed by atoms with Crippen molar-refractivity contribution >= 4 is 11.8 Å². The Hall–Kier alpha value is -3.64. The number of hydrogen-bond acceptors (Lipinski definition) is 4. The normalized spacial score (nSPS) is 15.2. The van der Waals surface area contributed by atoms with Crippen molar-refractivity contribution in [1.29, 1.82) is 0 Å². The number of rotatable bonds is 4. The molecule has 2 N–H and O–H groups in total. The van der Waals surface area contributed by atoms with Crippen LogP contribution in [0.15, 0.2) is 54.6 Å². The fourth-order valence-corrected chi connectivity index (χ4v) is 4.81. The zero-order valence-electron chi connectivity index (χ0n) is 18.9. The summed E-state index contributed by atoms with van der Waals surface area (Å²) in [5.74, 6) is 0.368. The van der Waals surface area contributed by atoms with Crippen molar-refractivity contribution in [1.82, 2.24) is 9.80 Å². The van der Waals surface area contributed by atoms with Gasteiger partial charge in [-0.3, -0.25) is 9.59 Å². The number of piperazine rings is 1. The Labute approximate surface area is 193 Å². The largest absolute Gasteiger partial charge is 0.497 e. The fraction of sp³-hybridized carbons (Fsp3) is 0.259. The van der Waals surface area contributed by atoms with Crippen LogP contribution < -0.4 is 10.5 Å². The van der Waals surface area contributed by atoms with Gasteiger partial charge in [-0.15, -0.1) is 0 Å². The molecule has 0 spiro atoms. The first kappa shape index (κ1) is 21.2. The molecule has 6 heteroatoms. The summed E-state index contributed by atoms with van der Waals surface area (Å²) < 4.78 is 5.36. The molecule has 1 fully saturated rings. The van der Waals surface area contributed by atoms with E-state index >= 15 is 0 Å². The Morgan fingerprint density at radius 2 is 1.70 bits per heavy atom. The molecule has 33 heavy (non-hydrogen) atoms. The average Bonchev–Trinajstić information content (AvgIpc) is 3.21. The minimum absolute atomic E-state index is 0.0639. The third kappa shape index (κ3) is 3.87. The van der Waals surface area contributed by atoms with Crippen LogP contribution in [0.2, 0.25) is 0 Å². The van der Waals surface area contributed by atoms with Crippen LogP contribution in [0.3, 0.4) is 0 Å². The third-order valence-electron chi connectivity index (χ3n) is 6.72. The van der Waals surface area contributed by atoms with Crippen LogP contribution in [-0.4, -0.2) is 62.0 Å². The molecular formula is C27H27N3O3. The van der Waals surface area contributed by atoms with Gasteiger partial charge in [-0.2, -0.15) is 0 Å². The van der Waals surface area contributed by atoms with Gasteiger partial charge in [-0.05, 0) is 83.2 Å². The van der Waals surface area contributed by atoms with E-state index in [0.29, 0.717) is 17.5 Å². The maximum atomic E-state index is 13.1. The second-order valence-corrected chi connectivity index (χ2v) is 8.79. The van der Waals surface area contributed by atoms with E-state index < -0.39 is 5.91 Å². The molecule has 0 aromatic heterocycles. The maximum absolute atomic E-state index is 13.1. The van der Waals surface area contributed by atoms with Crippen LogP contribution in [0.5, 0.6) is 5.75 Å². The molecule has 5 rings (SSSR count). The average molecular weight is 442 g/mol. The summed E-state index contributed by atoms with van der Waals surface area (Å²) in [6.07, 6.45) is 0.588. The lowest BCUT2D eigenvalue weighted by Crippen LogP contribution is -2.47. The number of hydrogen-bond donors (Lipinski definition) is 1. The molecule has 0 atom stereocenters. The highest BCUT2D eigenvalue weighted by Crippen LogP contribution is 2.42. The van der Waals surface area contributed by atoms with Gasteiger partial charge in [-0.1, -0.05) is 18.2 Å². The molecular weight excluding hydrogens is 414 g/mol. The number of methoxy groups -OCH3 is 1. The number of ether oxygens (including phenoxy) is 1. The number of likely N-dealkylation sites (N-methyl/N-ethyl adjacent to an activating group) is 1. The number of nitrogens with zero attached hydrogens (tertiary/aromatic N) is 2. The fourth-order valence-electron chi connectivity index (χ4n) is 4.81. The van der Waals surface area contributed by atoms with Crippen molar-refractivity contribution in [3.63, 3.8) is 0 Å². The molecule has 6 nitrogen and oxygen atoms in total. The van der Waals surface area contributed by atoms with Crippen LogP contribution in [-0.2, 0) is 6.42 Å². The van der Waals surface area contributed by atoms with E-state index in [4.69, 9.17) is 10.5 Å². The molecule has 0 unspecified atom stereocenters. The number of carbonyl (C=O) groups excluding carboxylic acids is 2. The van der Waals surface area contributed by atoms with Crippen LogP contribution in [0, 0.1) is 0 Å². The van der Waals surface area contributed by atoms with Gasteiger partial charge in [0.2, 0.25) is 5.91 Å². The lowest BCUT2D eigenvalue weighted by atomic mass is 9.94. The summed E-state index contributed by atoms with van der Waals surface area (Å²) in [6.45, 7) is 3.25. The van der Waals surface area contributed by atoms with E-state index in [1.165, 1.54) is 0 Å². The highest BCUT2D eigenvalue weighted by molar-refractivity contribution is 6.01. The van der Waals surface area contributed by atoms with E-state index in [9.17, 15) is 9.59 Å². The summed E-state index contributed by atoms with van der Waals surface area (Å²) in [4.78, 5) is 29.6. The first-order chi connectivity index (χ1) is 15.9. The molecule has 3 aromatic rings. The first-order valence-electron chi connectivity index (χ1n) is 11.2. The van der Waals surface area contributed by atoms with E-state index in [1.54, 1.807) is 7.11 Å². The van der Waals surface area contributed by atoms with Crippen molar-refractivity contribution in [2.45, 2.75) is 6.42 Å². The second-order valence-electron chi connectivity index (χ2n) is 8.79. The second kappa shape index (κ2) is 8.37. The van der Waals surface area contributed by atoms with Gasteiger partial charge in [-0.25, -0.2) is 0 Å². The molecule has 0 bridgehead atoms. The number of nitrogens with two attached hydrogens (primary N) is 1. The smallest absolute Gasteiger partial charge is 0.253 e. The van der Waals surface area contributed by atoms with Gasteiger partial charge >= 0.3 is 0 Å². The van der Waals surface area contributed by atoms with E-state index in [2.05, 4.69) is 18.0 Å². The van der Waals surface area contributed by atoms with Gasteiger partial charge in [0.15, 0.2) is 0 Å². The minimum Gasteiger partial charge on any atom is -0.497 e. The molecule has 168 valence electrons. The van der Waals surface area contributed by atoms with Gasteiger partial charge in [0.25, 0.3) is 5.91 Å². The van der Waals surface area contributed by atoms with Crippen molar-refractivity contribution in [2.75, 3.05) is 40.3 Å². The topological polar surface area (TPSA) is 75.9 Å². The third-order valence-corrected chi connectivity index (χ3v) is 6.72. The van der Waals surface area contributed by atoms with Crippen LogP contribution in [0.1, 0.15) is 31.8 Å². The molecule has 1 heterocycles. The summed E-state index contributed by atoms with van der Waals surface area (Å²) in [7, 11) is 3.71. The van der Waals surface area contributed by atoms with Gasteiger partial charge < -0.3 is 20.3 Å². The highest BCUT2D eigenvalue weighted by atomic mass is 16.5. The van der Waals surface area contributed by atoms with Crippen molar-refractivity contribution < 1.29 is 14.3 Å². The molecule has 1 saturated heterocycles. The highest BCUT2D eigenvalue weighted by Gasteiger charge is 2.27. The minimum atomic E-state index is -0.447. The van der Waals surface area contributed by atoms with Gasteiger partial charge in [0, 0.05) is 37.3 Å². The SMILES string of the molecule is COc1cccc(-c2cc(C(N)=O)c3c(c2)-c2ccc(C(=O)N4CCN(C)CC4)cc2C3)c1. The monoisotopic (exact) mass is 441 g/mol. The van der Waals surface area contributed by atoms with Crippen molar-refractivity contribution in [2.24, 2.45) is 5.73 Å². The van der Waals surface area contributed by atoms with Gasteiger partial charge in [0.1, 0.15) is 5.75 Å². The zero-order chi connectivity index (χ0) is 23.1. The summed E-state index contributed by atoms with van der Waals surface area (Å²) in [5.41, 5.74) is 12.9. The first-order valence-corrected chi connectivity index (χ1v) is 11.2. The number of amides is 2. The van der Waals surface area contributed by atoms with Crippen molar-refractivity contribution in [3.05, 3.63) is 76.9 Å².